The highest BCUT2D eigenvalue weighted by molar-refractivity contribution is 9.10. The predicted octanol–water partition coefficient (Wildman–Crippen LogP) is 3.75. The lowest BCUT2D eigenvalue weighted by Crippen LogP contribution is -2.09. The second-order valence-electron chi connectivity index (χ2n) is 4.60. The van der Waals surface area contributed by atoms with E-state index in [0.29, 0.717) is 21.3 Å². The summed E-state index contributed by atoms with van der Waals surface area (Å²) in [5.41, 5.74) is 0.784. The molecule has 0 aromatic heterocycles. The summed E-state index contributed by atoms with van der Waals surface area (Å²) in [6.45, 7) is 0. The van der Waals surface area contributed by atoms with E-state index in [0.717, 1.165) is 0 Å². The van der Waals surface area contributed by atoms with Crippen molar-refractivity contribution in [3.8, 4) is 11.8 Å². The first-order chi connectivity index (χ1) is 11.5. The molecule has 5 nitrogen and oxygen atoms in total. The first-order valence-electron chi connectivity index (χ1n) is 6.82. The summed E-state index contributed by atoms with van der Waals surface area (Å²) in [4.78, 5) is 23.6. The zero-order chi connectivity index (χ0) is 17.5. The highest BCUT2D eigenvalue weighted by atomic mass is 79.9. The number of nitriles is 1. The molecule has 0 radical (unpaired) electrons. The number of rotatable bonds is 4. The number of hydrogen-bond acceptors (Lipinski definition) is 5. The molecule has 0 amide bonds. The molecule has 0 spiro atoms. The van der Waals surface area contributed by atoms with Crippen LogP contribution in [0.15, 0.2) is 58.6 Å². The molecule has 0 saturated heterocycles. The molecule has 0 unspecified atom stereocenters. The van der Waals surface area contributed by atoms with E-state index < -0.39 is 11.9 Å². The molecule has 0 heterocycles. The Morgan fingerprint density at radius 1 is 1.17 bits per heavy atom. The number of benzene rings is 2. The van der Waals surface area contributed by atoms with Crippen molar-refractivity contribution >= 4 is 33.9 Å². The number of halogens is 1. The molecular formula is C18H12BrNO4. The monoisotopic (exact) mass is 385 g/mol. The van der Waals surface area contributed by atoms with Gasteiger partial charge in [-0.05, 0) is 51.8 Å². The highest BCUT2D eigenvalue weighted by Gasteiger charge is 2.13. The van der Waals surface area contributed by atoms with Gasteiger partial charge < -0.3 is 9.47 Å². The predicted molar refractivity (Wildman–Crippen MR) is 91.1 cm³/mol. The van der Waals surface area contributed by atoms with Crippen LogP contribution in [0.5, 0.6) is 5.75 Å². The van der Waals surface area contributed by atoms with E-state index in [-0.39, 0.29) is 5.57 Å². The molecular weight excluding hydrogens is 374 g/mol. The highest BCUT2D eigenvalue weighted by Crippen LogP contribution is 2.21. The molecule has 0 saturated carbocycles. The van der Waals surface area contributed by atoms with Gasteiger partial charge in [-0.25, -0.2) is 9.59 Å². The maximum Gasteiger partial charge on any atom is 0.348 e. The van der Waals surface area contributed by atoms with Gasteiger partial charge in [-0.15, -0.1) is 0 Å². The second-order valence-corrected chi connectivity index (χ2v) is 5.46. The van der Waals surface area contributed by atoms with Gasteiger partial charge in [-0.2, -0.15) is 5.26 Å². The SMILES string of the molecule is COC(=O)C(C#N)=Cc1cccc(OC(=O)c2ccccc2Br)c1. The van der Waals surface area contributed by atoms with Crippen LogP contribution in [0.1, 0.15) is 15.9 Å². The van der Waals surface area contributed by atoms with Crippen LogP contribution in [0.3, 0.4) is 0 Å². The fraction of sp³-hybridized carbons (Fsp3) is 0.0556. The fourth-order valence-corrected chi connectivity index (χ4v) is 2.32. The van der Waals surface area contributed by atoms with Gasteiger partial charge in [0.25, 0.3) is 0 Å². The van der Waals surface area contributed by atoms with E-state index in [1.165, 1.54) is 13.2 Å². The Morgan fingerprint density at radius 3 is 2.58 bits per heavy atom. The minimum atomic E-state index is -0.729. The Kier molecular flexibility index (Phi) is 5.88. The van der Waals surface area contributed by atoms with E-state index in [2.05, 4.69) is 20.7 Å². The topological polar surface area (TPSA) is 76.4 Å². The molecule has 2 aromatic carbocycles. The van der Waals surface area contributed by atoms with Gasteiger partial charge in [0.05, 0.1) is 12.7 Å². The number of carbonyl (C=O) groups is 2. The quantitative estimate of drug-likeness (QED) is 0.346. The van der Waals surface area contributed by atoms with Crippen LogP contribution in [-0.2, 0) is 9.53 Å². The number of hydrogen-bond donors (Lipinski definition) is 0. The van der Waals surface area contributed by atoms with E-state index in [9.17, 15) is 9.59 Å². The molecule has 0 bridgehead atoms. The molecule has 0 aliphatic carbocycles. The molecule has 24 heavy (non-hydrogen) atoms. The largest absolute Gasteiger partial charge is 0.465 e. The lowest BCUT2D eigenvalue weighted by atomic mass is 10.1. The average molecular weight is 386 g/mol. The van der Waals surface area contributed by atoms with Crippen LogP contribution < -0.4 is 4.74 Å². The second kappa shape index (κ2) is 8.09. The van der Waals surface area contributed by atoms with Crippen molar-refractivity contribution in [2.24, 2.45) is 0 Å². The normalized spacial score (nSPS) is 10.6. The third-order valence-electron chi connectivity index (χ3n) is 3.00. The van der Waals surface area contributed by atoms with Crippen LogP contribution in [0.2, 0.25) is 0 Å². The van der Waals surface area contributed by atoms with Gasteiger partial charge in [0.2, 0.25) is 0 Å². The summed E-state index contributed by atoms with van der Waals surface area (Å²) >= 11 is 3.29. The Hall–Kier alpha value is -2.91. The number of methoxy groups -OCH3 is 1. The van der Waals surface area contributed by atoms with Crippen LogP contribution in [-0.4, -0.2) is 19.0 Å². The van der Waals surface area contributed by atoms with Crippen LogP contribution in [0.25, 0.3) is 6.08 Å². The lowest BCUT2D eigenvalue weighted by Gasteiger charge is -2.06. The summed E-state index contributed by atoms with van der Waals surface area (Å²) in [7, 11) is 1.20. The van der Waals surface area contributed by atoms with Crippen molar-refractivity contribution in [2.45, 2.75) is 0 Å². The van der Waals surface area contributed by atoms with Crippen molar-refractivity contribution in [3.05, 3.63) is 69.7 Å². The lowest BCUT2D eigenvalue weighted by molar-refractivity contribution is -0.135. The minimum Gasteiger partial charge on any atom is -0.465 e. The third-order valence-corrected chi connectivity index (χ3v) is 3.69. The van der Waals surface area contributed by atoms with Crippen molar-refractivity contribution in [2.75, 3.05) is 7.11 Å². The summed E-state index contributed by atoms with van der Waals surface area (Å²) < 4.78 is 10.5. The first kappa shape index (κ1) is 17.4. The summed E-state index contributed by atoms with van der Waals surface area (Å²) in [5.74, 6) is -0.947. The van der Waals surface area contributed by atoms with E-state index >= 15 is 0 Å². The Morgan fingerprint density at radius 2 is 1.92 bits per heavy atom. The van der Waals surface area contributed by atoms with Gasteiger partial charge in [-0.1, -0.05) is 24.3 Å². The molecule has 0 N–H and O–H groups in total. The van der Waals surface area contributed by atoms with Crippen molar-refractivity contribution < 1.29 is 19.1 Å². The Bertz CT molecular complexity index is 852. The van der Waals surface area contributed by atoms with E-state index in [4.69, 9.17) is 10.00 Å². The molecule has 0 aliphatic heterocycles. The van der Waals surface area contributed by atoms with E-state index in [1.54, 1.807) is 54.6 Å². The first-order valence-corrected chi connectivity index (χ1v) is 7.61. The summed E-state index contributed by atoms with van der Waals surface area (Å²) in [5, 5.41) is 8.97. The van der Waals surface area contributed by atoms with E-state index in [1.807, 2.05) is 0 Å². The smallest absolute Gasteiger partial charge is 0.348 e. The van der Waals surface area contributed by atoms with Crippen molar-refractivity contribution in [1.82, 2.24) is 0 Å². The van der Waals surface area contributed by atoms with Crippen LogP contribution >= 0.6 is 15.9 Å². The average Bonchev–Trinajstić information content (AvgIpc) is 2.59. The van der Waals surface area contributed by atoms with Gasteiger partial charge >= 0.3 is 11.9 Å². The standard InChI is InChI=1S/C18H12BrNO4/c1-23-17(21)13(11-20)9-12-5-4-6-14(10-12)24-18(22)15-7-2-3-8-16(15)19/h2-10H,1H3. The maximum absolute atomic E-state index is 12.2. The third kappa shape index (κ3) is 4.31. The molecule has 2 rings (SSSR count). The molecule has 0 aliphatic rings. The van der Waals surface area contributed by atoms with Gasteiger partial charge in [0, 0.05) is 4.47 Å². The molecule has 120 valence electrons. The maximum atomic E-state index is 12.2. The van der Waals surface area contributed by atoms with Gasteiger partial charge in [-0.3, -0.25) is 0 Å². The van der Waals surface area contributed by atoms with Crippen molar-refractivity contribution in [3.63, 3.8) is 0 Å². The van der Waals surface area contributed by atoms with Crippen LogP contribution in [0.4, 0.5) is 0 Å². The number of esters is 2. The van der Waals surface area contributed by atoms with Crippen molar-refractivity contribution in [1.29, 1.82) is 5.26 Å². The molecule has 2 aromatic rings. The number of ether oxygens (including phenoxy) is 2. The molecule has 0 atom stereocenters. The zero-order valence-electron chi connectivity index (χ0n) is 12.7. The Balaban J connectivity index is 2.24. The zero-order valence-corrected chi connectivity index (χ0v) is 14.2. The van der Waals surface area contributed by atoms with Crippen LogP contribution in [0, 0.1) is 11.3 Å². The number of nitrogens with zero attached hydrogens (tertiary/aromatic N) is 1. The minimum absolute atomic E-state index is 0.146. The molecule has 0 fully saturated rings. The Labute approximate surface area is 147 Å². The summed E-state index contributed by atoms with van der Waals surface area (Å²) in [6, 6.07) is 15.2. The fourth-order valence-electron chi connectivity index (χ4n) is 1.87. The molecule has 6 heteroatoms. The number of carbonyl (C=O) groups excluding carboxylic acids is 2. The van der Waals surface area contributed by atoms with Gasteiger partial charge in [0.15, 0.2) is 0 Å². The summed E-state index contributed by atoms with van der Waals surface area (Å²) in [6.07, 6.45) is 1.36. The van der Waals surface area contributed by atoms with Gasteiger partial charge in [0.1, 0.15) is 17.4 Å².